The lowest BCUT2D eigenvalue weighted by molar-refractivity contribution is -0.0941. The van der Waals surface area contributed by atoms with E-state index in [0.29, 0.717) is 41.3 Å². The van der Waals surface area contributed by atoms with Gasteiger partial charge in [-0.05, 0) is 46.5 Å². The molecular formula is C25H35ClN6O7S. The highest BCUT2D eigenvalue weighted by Gasteiger charge is 2.37. The van der Waals surface area contributed by atoms with Crippen LogP contribution >= 0.6 is 11.6 Å². The second-order valence-corrected chi connectivity index (χ2v) is 11.6. The molecule has 1 N–H and O–H groups in total. The van der Waals surface area contributed by atoms with Crippen LogP contribution in [0.1, 0.15) is 39.6 Å². The van der Waals surface area contributed by atoms with Gasteiger partial charge >= 0.3 is 0 Å². The smallest absolute Gasteiger partial charge is 0.243 e. The van der Waals surface area contributed by atoms with Gasteiger partial charge in [-0.15, -0.1) is 10.2 Å². The second kappa shape index (κ2) is 14.0. The Kier molecular flexibility index (Phi) is 11.0. The van der Waals surface area contributed by atoms with Crippen LogP contribution in [0.15, 0.2) is 39.4 Å². The molecule has 3 rings (SSSR count). The Morgan fingerprint density at radius 1 is 1.23 bits per heavy atom. The van der Waals surface area contributed by atoms with Crippen LogP contribution in [-0.2, 0) is 24.2 Å². The fraction of sp³-hybridized carbons (Fsp3) is 0.520. The van der Waals surface area contributed by atoms with Crippen molar-refractivity contribution in [2.24, 2.45) is 9.98 Å². The molecular weight excluding hydrogens is 564 g/mol. The molecule has 1 fully saturated rings. The van der Waals surface area contributed by atoms with Crippen LogP contribution in [0, 0.1) is 0 Å². The Bertz CT molecular complexity index is 1310. The van der Waals surface area contributed by atoms with Gasteiger partial charge in [-0.2, -0.15) is 0 Å². The molecule has 0 bridgehead atoms. The molecule has 1 aromatic heterocycles. The number of allylic oxidation sites excluding steroid dienone is 1. The van der Waals surface area contributed by atoms with Crippen molar-refractivity contribution in [1.82, 2.24) is 14.8 Å². The first-order valence-electron chi connectivity index (χ1n) is 12.4. The molecule has 40 heavy (non-hydrogen) atoms. The average Bonchev–Trinajstić information content (AvgIpc) is 3.33. The first-order chi connectivity index (χ1) is 19.0. The standard InChI is InChI=1S/C25H35ClN6O7S/c1-15(2)39-22(23(27-5)28-13-16(3)26)17(4)40(33,34)31-25-30-29-24(20-14-37-11-12-38-20)32(25)21-18(35-6)9-8-10-19(21)36-7/h8-10,13,15,17,20,22H,5,11-12,14H2,1-4,6-7H3,(H,30,31)/b16-13+,28-23-/t17-,20-,22+/m0/s1. The molecule has 0 radical (unpaired) electrons. The van der Waals surface area contributed by atoms with Gasteiger partial charge in [0.15, 0.2) is 11.7 Å². The summed E-state index contributed by atoms with van der Waals surface area (Å²) in [5, 5.41) is 7.61. The lowest BCUT2D eigenvalue weighted by Gasteiger charge is -2.26. The minimum Gasteiger partial charge on any atom is -0.494 e. The molecule has 1 aliphatic rings. The summed E-state index contributed by atoms with van der Waals surface area (Å²) in [4.78, 5) is 8.11. The largest absolute Gasteiger partial charge is 0.494 e. The van der Waals surface area contributed by atoms with E-state index in [-0.39, 0.29) is 24.5 Å². The topological polar surface area (TPSA) is 148 Å². The summed E-state index contributed by atoms with van der Waals surface area (Å²) in [6.45, 7) is 11.1. The summed E-state index contributed by atoms with van der Waals surface area (Å²) in [5.74, 6) is 0.998. The van der Waals surface area contributed by atoms with Crippen LogP contribution < -0.4 is 14.2 Å². The number of nitrogens with one attached hydrogen (secondary N) is 1. The Morgan fingerprint density at radius 2 is 1.90 bits per heavy atom. The van der Waals surface area contributed by atoms with E-state index in [1.54, 1.807) is 39.0 Å². The third-order valence-electron chi connectivity index (χ3n) is 5.78. The summed E-state index contributed by atoms with van der Waals surface area (Å²) < 4.78 is 60.2. The number of aliphatic imine (C=N–C) groups is 2. The number of para-hydroxylation sites is 1. The zero-order valence-electron chi connectivity index (χ0n) is 23.3. The number of aromatic nitrogens is 3. The van der Waals surface area contributed by atoms with E-state index in [0.717, 1.165) is 0 Å². The van der Waals surface area contributed by atoms with Crippen LogP contribution in [0.2, 0.25) is 0 Å². The van der Waals surface area contributed by atoms with Crippen LogP contribution in [0.25, 0.3) is 5.69 Å². The number of ether oxygens (including phenoxy) is 5. The van der Waals surface area contributed by atoms with Gasteiger partial charge in [0.2, 0.25) is 16.0 Å². The molecule has 2 heterocycles. The van der Waals surface area contributed by atoms with Crippen molar-refractivity contribution in [2.75, 3.05) is 38.8 Å². The molecule has 0 amide bonds. The van der Waals surface area contributed by atoms with E-state index in [2.05, 4.69) is 31.6 Å². The maximum absolute atomic E-state index is 13.8. The predicted molar refractivity (Wildman–Crippen MR) is 153 cm³/mol. The number of sulfonamides is 1. The lowest BCUT2D eigenvalue weighted by atomic mass is 10.2. The van der Waals surface area contributed by atoms with Gasteiger partial charge in [0, 0.05) is 11.2 Å². The number of anilines is 1. The molecule has 0 aliphatic carbocycles. The minimum atomic E-state index is -4.21. The van der Waals surface area contributed by atoms with Crippen molar-refractivity contribution >= 4 is 40.1 Å². The van der Waals surface area contributed by atoms with Crippen molar-refractivity contribution in [3.63, 3.8) is 0 Å². The molecule has 0 unspecified atom stereocenters. The third kappa shape index (κ3) is 7.37. The molecule has 220 valence electrons. The molecule has 1 aromatic carbocycles. The highest BCUT2D eigenvalue weighted by atomic mass is 35.5. The average molecular weight is 599 g/mol. The van der Waals surface area contributed by atoms with E-state index >= 15 is 0 Å². The first kappa shape index (κ1) is 31.5. The number of halogens is 1. The number of amidine groups is 1. The Labute approximate surface area is 239 Å². The van der Waals surface area contributed by atoms with Crippen LogP contribution in [0.5, 0.6) is 11.5 Å². The summed E-state index contributed by atoms with van der Waals surface area (Å²) in [6.07, 6.45) is -0.725. The van der Waals surface area contributed by atoms with Crippen molar-refractivity contribution in [1.29, 1.82) is 0 Å². The highest BCUT2D eigenvalue weighted by molar-refractivity contribution is 7.93. The maximum Gasteiger partial charge on any atom is 0.243 e. The SMILES string of the molecule is C=N/C(=N\C=C(/C)Cl)[C@H](OC(C)C)[C@H](C)S(=O)(=O)Nc1nnc([C@@H]2COCCO2)n1-c1c(OC)cccc1OC. The van der Waals surface area contributed by atoms with E-state index in [1.165, 1.54) is 31.9 Å². The third-order valence-corrected chi connectivity index (χ3v) is 7.57. The fourth-order valence-electron chi connectivity index (χ4n) is 3.90. The molecule has 1 saturated heterocycles. The Balaban J connectivity index is 2.13. The van der Waals surface area contributed by atoms with Crippen LogP contribution in [0.4, 0.5) is 5.95 Å². The summed E-state index contributed by atoms with van der Waals surface area (Å²) in [6, 6.07) is 5.15. The van der Waals surface area contributed by atoms with Gasteiger partial charge < -0.3 is 23.7 Å². The quantitative estimate of drug-likeness (QED) is 0.286. The predicted octanol–water partition coefficient (Wildman–Crippen LogP) is 3.50. The van der Waals surface area contributed by atoms with Gasteiger partial charge in [-0.3, -0.25) is 9.29 Å². The zero-order chi connectivity index (χ0) is 29.4. The van der Waals surface area contributed by atoms with Crippen molar-refractivity contribution < 1.29 is 32.1 Å². The van der Waals surface area contributed by atoms with Gasteiger partial charge in [0.05, 0.1) is 40.1 Å². The van der Waals surface area contributed by atoms with Gasteiger partial charge in [-0.25, -0.2) is 18.4 Å². The van der Waals surface area contributed by atoms with Gasteiger partial charge in [0.25, 0.3) is 0 Å². The second-order valence-electron chi connectivity index (χ2n) is 8.98. The number of rotatable bonds is 12. The minimum absolute atomic E-state index is 0.0490. The normalized spacial score (nSPS) is 18.4. The summed E-state index contributed by atoms with van der Waals surface area (Å²) in [7, 11) is -1.24. The fourth-order valence-corrected chi connectivity index (χ4v) is 5.03. The zero-order valence-corrected chi connectivity index (χ0v) is 24.9. The Morgan fingerprint density at radius 3 is 2.42 bits per heavy atom. The van der Waals surface area contributed by atoms with Crippen molar-refractivity contribution in [3.8, 4) is 17.2 Å². The first-order valence-corrected chi connectivity index (χ1v) is 14.4. The highest BCUT2D eigenvalue weighted by Crippen LogP contribution is 2.37. The molecule has 15 heteroatoms. The monoisotopic (exact) mass is 598 g/mol. The molecule has 0 spiro atoms. The van der Waals surface area contributed by atoms with Crippen molar-refractivity contribution in [2.45, 2.75) is 51.3 Å². The van der Waals surface area contributed by atoms with Crippen molar-refractivity contribution in [3.05, 3.63) is 35.3 Å². The maximum atomic E-state index is 13.8. The molecule has 13 nitrogen and oxygen atoms in total. The number of hydrogen-bond acceptors (Lipinski definition) is 10. The van der Waals surface area contributed by atoms with E-state index in [4.69, 9.17) is 35.3 Å². The summed E-state index contributed by atoms with van der Waals surface area (Å²) in [5.41, 5.74) is 0.375. The van der Waals surface area contributed by atoms with Crippen LogP contribution in [-0.4, -0.2) is 87.2 Å². The molecule has 3 atom stereocenters. The number of nitrogens with zero attached hydrogens (tertiary/aromatic N) is 5. The van der Waals surface area contributed by atoms with Crippen LogP contribution in [0.3, 0.4) is 0 Å². The van der Waals surface area contributed by atoms with E-state index < -0.39 is 27.5 Å². The van der Waals surface area contributed by atoms with E-state index in [9.17, 15) is 8.42 Å². The molecule has 1 aliphatic heterocycles. The summed E-state index contributed by atoms with van der Waals surface area (Å²) >= 11 is 5.92. The van der Waals surface area contributed by atoms with Gasteiger partial charge in [-0.1, -0.05) is 17.7 Å². The Hall–Kier alpha value is -3.04. The number of benzene rings is 1. The molecule has 0 saturated carbocycles. The van der Waals surface area contributed by atoms with Gasteiger partial charge in [0.1, 0.15) is 34.6 Å². The lowest BCUT2D eigenvalue weighted by Crippen LogP contribution is -2.43. The number of hydrogen-bond donors (Lipinski definition) is 1. The van der Waals surface area contributed by atoms with E-state index in [1.807, 2.05) is 0 Å². The number of methoxy groups -OCH3 is 2. The molecule has 2 aromatic rings.